The topological polar surface area (TPSA) is 52.9 Å². The van der Waals surface area contributed by atoms with Crippen molar-refractivity contribution < 1.29 is 9.18 Å². The summed E-state index contributed by atoms with van der Waals surface area (Å²) in [5, 5.41) is 11.8. The Morgan fingerprint density at radius 2 is 1.95 bits per heavy atom. The highest BCUT2D eigenvalue weighted by Gasteiger charge is 2.09. The normalized spacial score (nSPS) is 10.8. The van der Waals surface area contributed by atoms with E-state index in [1.54, 1.807) is 6.07 Å². The molecule has 2 rings (SSSR count). The molecule has 0 aromatic heterocycles. The number of amides is 1. The molecule has 0 saturated carbocycles. The van der Waals surface area contributed by atoms with Crippen LogP contribution < -0.4 is 5.32 Å². The van der Waals surface area contributed by atoms with E-state index in [1.165, 1.54) is 30.3 Å². The molecule has 0 aliphatic heterocycles. The van der Waals surface area contributed by atoms with Gasteiger partial charge in [0.15, 0.2) is 0 Å². The van der Waals surface area contributed by atoms with Gasteiger partial charge in [0.05, 0.1) is 0 Å². The van der Waals surface area contributed by atoms with Crippen molar-refractivity contribution in [2.45, 2.75) is 6.92 Å². The molecule has 0 fully saturated rings. The molecule has 0 spiro atoms. The summed E-state index contributed by atoms with van der Waals surface area (Å²) in [5.74, 6) is -0.859. The standard InChI is InChI=1S/C17H13FN2O/c1-12-3-2-4-16(9-12)20-17(21)14(11-19)10-13-5-7-15(18)8-6-13/h2-10H,1H3,(H,20,21)/b14-10+. The van der Waals surface area contributed by atoms with Gasteiger partial charge in [-0.2, -0.15) is 5.26 Å². The summed E-state index contributed by atoms with van der Waals surface area (Å²) in [4.78, 5) is 12.1. The van der Waals surface area contributed by atoms with E-state index in [1.807, 2.05) is 31.2 Å². The van der Waals surface area contributed by atoms with E-state index >= 15 is 0 Å². The maximum absolute atomic E-state index is 12.8. The minimum Gasteiger partial charge on any atom is -0.321 e. The van der Waals surface area contributed by atoms with Crippen LogP contribution in [0.4, 0.5) is 10.1 Å². The zero-order valence-corrected chi connectivity index (χ0v) is 11.4. The number of anilines is 1. The van der Waals surface area contributed by atoms with Crippen LogP contribution in [0.3, 0.4) is 0 Å². The van der Waals surface area contributed by atoms with Crippen molar-refractivity contribution in [1.82, 2.24) is 0 Å². The number of nitriles is 1. The molecule has 0 radical (unpaired) electrons. The van der Waals surface area contributed by atoms with Crippen LogP contribution in [0.2, 0.25) is 0 Å². The highest BCUT2D eigenvalue weighted by molar-refractivity contribution is 6.09. The summed E-state index contributed by atoms with van der Waals surface area (Å²) in [5.41, 5.74) is 2.18. The molecule has 0 atom stereocenters. The third-order valence-corrected chi connectivity index (χ3v) is 2.82. The molecule has 2 aromatic carbocycles. The predicted octanol–water partition coefficient (Wildman–Crippen LogP) is 3.68. The van der Waals surface area contributed by atoms with Gasteiger partial charge in [-0.25, -0.2) is 4.39 Å². The van der Waals surface area contributed by atoms with Crippen molar-refractivity contribution in [3.05, 3.63) is 71.0 Å². The Morgan fingerprint density at radius 3 is 2.57 bits per heavy atom. The van der Waals surface area contributed by atoms with Gasteiger partial charge in [0.2, 0.25) is 0 Å². The fraction of sp³-hybridized carbons (Fsp3) is 0.0588. The molecular weight excluding hydrogens is 267 g/mol. The van der Waals surface area contributed by atoms with Crippen molar-refractivity contribution >= 4 is 17.7 Å². The van der Waals surface area contributed by atoms with Crippen LogP contribution in [0.25, 0.3) is 6.08 Å². The second-order valence-electron chi connectivity index (χ2n) is 4.54. The number of nitrogens with one attached hydrogen (secondary N) is 1. The van der Waals surface area contributed by atoms with Crippen LogP contribution in [0.5, 0.6) is 0 Å². The minimum absolute atomic E-state index is 0.0388. The first-order chi connectivity index (χ1) is 10.1. The van der Waals surface area contributed by atoms with Crippen LogP contribution in [0.15, 0.2) is 54.1 Å². The summed E-state index contributed by atoms with van der Waals surface area (Å²) in [6, 6.07) is 14.7. The maximum atomic E-state index is 12.8. The molecule has 104 valence electrons. The molecular formula is C17H13FN2O. The third kappa shape index (κ3) is 4.02. The number of hydrogen-bond donors (Lipinski definition) is 1. The van der Waals surface area contributed by atoms with Gasteiger partial charge >= 0.3 is 0 Å². The number of aryl methyl sites for hydroxylation is 1. The molecule has 0 unspecified atom stereocenters. The second-order valence-corrected chi connectivity index (χ2v) is 4.54. The maximum Gasteiger partial charge on any atom is 0.266 e. The lowest BCUT2D eigenvalue weighted by Gasteiger charge is -2.05. The Balaban J connectivity index is 2.19. The number of carbonyl (C=O) groups excluding carboxylic acids is 1. The minimum atomic E-state index is -0.493. The summed E-state index contributed by atoms with van der Waals surface area (Å²) in [7, 11) is 0. The molecule has 0 heterocycles. The van der Waals surface area contributed by atoms with E-state index in [-0.39, 0.29) is 11.4 Å². The van der Waals surface area contributed by atoms with Crippen molar-refractivity contribution in [1.29, 1.82) is 5.26 Å². The zero-order chi connectivity index (χ0) is 15.2. The second kappa shape index (κ2) is 6.49. The van der Waals surface area contributed by atoms with Crippen molar-refractivity contribution in [3.63, 3.8) is 0 Å². The summed E-state index contributed by atoms with van der Waals surface area (Å²) >= 11 is 0. The van der Waals surface area contributed by atoms with Crippen molar-refractivity contribution in [2.75, 3.05) is 5.32 Å². The molecule has 0 aliphatic carbocycles. The SMILES string of the molecule is Cc1cccc(NC(=O)/C(C#N)=C/c2ccc(F)cc2)c1. The molecule has 0 bridgehead atoms. The Kier molecular flexibility index (Phi) is 4.47. The molecule has 21 heavy (non-hydrogen) atoms. The summed E-state index contributed by atoms with van der Waals surface area (Å²) < 4.78 is 12.8. The van der Waals surface area contributed by atoms with Gasteiger partial charge in [-0.3, -0.25) is 4.79 Å². The van der Waals surface area contributed by atoms with Crippen LogP contribution in [-0.2, 0) is 4.79 Å². The molecule has 0 aliphatic rings. The smallest absolute Gasteiger partial charge is 0.266 e. The molecule has 2 aromatic rings. The van der Waals surface area contributed by atoms with Gasteiger partial charge in [-0.15, -0.1) is 0 Å². The van der Waals surface area contributed by atoms with E-state index in [9.17, 15) is 9.18 Å². The van der Waals surface area contributed by atoms with Gasteiger partial charge in [0.25, 0.3) is 5.91 Å². The van der Waals surface area contributed by atoms with Gasteiger partial charge in [0.1, 0.15) is 17.5 Å². The summed E-state index contributed by atoms with van der Waals surface area (Å²) in [6.45, 7) is 1.91. The van der Waals surface area contributed by atoms with Crippen LogP contribution in [-0.4, -0.2) is 5.91 Å². The lowest BCUT2D eigenvalue weighted by molar-refractivity contribution is -0.112. The number of nitrogens with zero attached hydrogens (tertiary/aromatic N) is 1. The van der Waals surface area contributed by atoms with E-state index in [0.717, 1.165) is 5.56 Å². The zero-order valence-electron chi connectivity index (χ0n) is 11.4. The molecule has 3 nitrogen and oxygen atoms in total. The lowest BCUT2D eigenvalue weighted by Crippen LogP contribution is -2.13. The fourth-order valence-electron chi connectivity index (χ4n) is 1.80. The van der Waals surface area contributed by atoms with Crippen molar-refractivity contribution in [3.8, 4) is 6.07 Å². The van der Waals surface area contributed by atoms with E-state index < -0.39 is 5.91 Å². The Hall–Kier alpha value is -2.93. The largest absolute Gasteiger partial charge is 0.321 e. The summed E-state index contributed by atoms with van der Waals surface area (Å²) in [6.07, 6.45) is 1.42. The van der Waals surface area contributed by atoms with Gasteiger partial charge < -0.3 is 5.32 Å². The van der Waals surface area contributed by atoms with Crippen LogP contribution in [0, 0.1) is 24.1 Å². The van der Waals surface area contributed by atoms with Crippen LogP contribution >= 0.6 is 0 Å². The predicted molar refractivity (Wildman–Crippen MR) is 79.8 cm³/mol. The number of benzene rings is 2. The third-order valence-electron chi connectivity index (χ3n) is 2.82. The number of halogens is 1. The first-order valence-corrected chi connectivity index (χ1v) is 6.34. The van der Waals surface area contributed by atoms with Crippen molar-refractivity contribution in [2.24, 2.45) is 0 Å². The van der Waals surface area contributed by atoms with E-state index in [0.29, 0.717) is 11.3 Å². The Bertz CT molecular complexity index is 727. The van der Waals surface area contributed by atoms with E-state index in [4.69, 9.17) is 5.26 Å². The average molecular weight is 280 g/mol. The number of rotatable bonds is 3. The molecule has 0 saturated heterocycles. The fourth-order valence-corrected chi connectivity index (χ4v) is 1.80. The highest BCUT2D eigenvalue weighted by Crippen LogP contribution is 2.13. The average Bonchev–Trinajstić information content (AvgIpc) is 2.46. The number of carbonyl (C=O) groups is 1. The lowest BCUT2D eigenvalue weighted by atomic mass is 10.1. The highest BCUT2D eigenvalue weighted by atomic mass is 19.1. The van der Waals surface area contributed by atoms with Gasteiger partial charge in [-0.1, -0.05) is 24.3 Å². The monoisotopic (exact) mass is 280 g/mol. The van der Waals surface area contributed by atoms with Gasteiger partial charge in [0, 0.05) is 5.69 Å². The Morgan fingerprint density at radius 1 is 1.24 bits per heavy atom. The molecule has 1 amide bonds. The quantitative estimate of drug-likeness (QED) is 0.688. The van der Waals surface area contributed by atoms with Gasteiger partial charge in [-0.05, 0) is 48.4 Å². The van der Waals surface area contributed by atoms with E-state index in [2.05, 4.69) is 5.32 Å². The van der Waals surface area contributed by atoms with Crippen LogP contribution in [0.1, 0.15) is 11.1 Å². The first-order valence-electron chi connectivity index (χ1n) is 6.34. The molecule has 4 heteroatoms. The first kappa shape index (κ1) is 14.5. The number of hydrogen-bond acceptors (Lipinski definition) is 2. The molecule has 1 N–H and O–H groups in total. The Labute approximate surface area is 122 Å².